The third-order valence-corrected chi connectivity index (χ3v) is 12.6. The Morgan fingerprint density at radius 1 is 0.318 bits per heavy atom. The lowest BCUT2D eigenvalue weighted by atomic mass is 10.1. The van der Waals surface area contributed by atoms with Gasteiger partial charge in [-0.15, -0.1) is 0 Å². The number of carbonyl (C=O) groups excluding carboxylic acids is 2. The first kappa shape index (κ1) is 58.7. The summed E-state index contributed by atoms with van der Waals surface area (Å²) in [6.07, 6.45) is 41.3. The van der Waals surface area contributed by atoms with Crippen LogP contribution in [0, 0.1) is 0 Å². The maximum atomic E-state index is 13.3. The predicted octanol–water partition coefficient (Wildman–Crippen LogP) is 16.7. The van der Waals surface area contributed by atoms with Crippen molar-refractivity contribution < 1.29 is 28.5 Å². The maximum Gasteiger partial charge on any atom is 0.251 e. The normalized spacial score (nSPS) is 11.2. The standard InChI is InChI=1S/C58H100N2O6/c1-5-9-13-17-21-25-29-35-45-63-53-41-39-51(49-55(53)65-47-37-31-27-23-19-15-11-7-3)57(61)59-43-33-34-44-60-58(62)52-40-42-54(64-46-36-30-26-22-18-14-10-6-2)56(50-52)66-48-38-32-28-24-20-16-12-8-4/h39-42,49-50H,5-38,43-48H2,1-4H3,(H,59,61)(H,60,62). The fourth-order valence-electron chi connectivity index (χ4n) is 8.29. The van der Waals surface area contributed by atoms with Crippen LogP contribution in [-0.2, 0) is 0 Å². The SMILES string of the molecule is CCCCCCCCCCOc1ccc(C(=O)NCCCCNC(=O)c2ccc(OCCCCCCCCCC)c(OCCCCCCCCCC)c2)cc1OCCCCCCCCCC. The molecule has 0 saturated carbocycles. The highest BCUT2D eigenvalue weighted by molar-refractivity contribution is 5.95. The first-order valence-corrected chi connectivity index (χ1v) is 27.9. The number of rotatable bonds is 47. The molecular formula is C58H100N2O6. The fourth-order valence-corrected chi connectivity index (χ4v) is 8.29. The van der Waals surface area contributed by atoms with Crippen molar-refractivity contribution in [2.45, 2.75) is 246 Å². The Labute approximate surface area is 405 Å². The van der Waals surface area contributed by atoms with Gasteiger partial charge in [0.2, 0.25) is 0 Å². The lowest BCUT2D eigenvalue weighted by Crippen LogP contribution is -2.27. The molecule has 2 aromatic rings. The number of carbonyl (C=O) groups is 2. The first-order valence-electron chi connectivity index (χ1n) is 27.9. The molecule has 2 amide bonds. The quantitative estimate of drug-likeness (QED) is 0.0642. The summed E-state index contributed by atoms with van der Waals surface area (Å²) in [7, 11) is 0. The van der Waals surface area contributed by atoms with Gasteiger partial charge in [0.15, 0.2) is 23.0 Å². The van der Waals surface area contributed by atoms with Crippen LogP contribution in [-0.4, -0.2) is 51.3 Å². The summed E-state index contributed by atoms with van der Waals surface area (Å²) in [5.41, 5.74) is 1.14. The van der Waals surface area contributed by atoms with Crippen LogP contribution in [0.2, 0.25) is 0 Å². The minimum atomic E-state index is -0.130. The van der Waals surface area contributed by atoms with E-state index in [2.05, 4.69) is 38.3 Å². The van der Waals surface area contributed by atoms with E-state index in [-0.39, 0.29) is 11.8 Å². The topological polar surface area (TPSA) is 95.1 Å². The molecule has 2 aromatic carbocycles. The highest BCUT2D eigenvalue weighted by Crippen LogP contribution is 2.31. The van der Waals surface area contributed by atoms with E-state index >= 15 is 0 Å². The van der Waals surface area contributed by atoms with Crippen LogP contribution in [0.1, 0.15) is 267 Å². The largest absolute Gasteiger partial charge is 0.490 e. The molecule has 0 radical (unpaired) electrons. The van der Waals surface area contributed by atoms with Gasteiger partial charge >= 0.3 is 0 Å². The van der Waals surface area contributed by atoms with E-state index in [1.54, 1.807) is 0 Å². The van der Waals surface area contributed by atoms with Crippen LogP contribution in [0.15, 0.2) is 36.4 Å². The van der Waals surface area contributed by atoms with E-state index in [1.807, 2.05) is 36.4 Å². The van der Waals surface area contributed by atoms with E-state index in [0.29, 0.717) is 73.6 Å². The van der Waals surface area contributed by atoms with Crippen molar-refractivity contribution in [3.8, 4) is 23.0 Å². The summed E-state index contributed by atoms with van der Waals surface area (Å²) < 4.78 is 25.0. The number of hydrogen-bond acceptors (Lipinski definition) is 6. The Hall–Kier alpha value is -3.42. The van der Waals surface area contributed by atoms with Gasteiger partial charge in [-0.1, -0.05) is 207 Å². The smallest absolute Gasteiger partial charge is 0.251 e. The van der Waals surface area contributed by atoms with Crippen LogP contribution in [0.4, 0.5) is 0 Å². The zero-order valence-corrected chi connectivity index (χ0v) is 43.2. The van der Waals surface area contributed by atoms with Gasteiger partial charge in [-0.3, -0.25) is 9.59 Å². The van der Waals surface area contributed by atoms with Gasteiger partial charge in [0, 0.05) is 24.2 Å². The summed E-state index contributed by atoms with van der Waals surface area (Å²) >= 11 is 0. The van der Waals surface area contributed by atoms with Gasteiger partial charge in [0.25, 0.3) is 11.8 Å². The average molecular weight is 921 g/mol. The van der Waals surface area contributed by atoms with Gasteiger partial charge < -0.3 is 29.6 Å². The summed E-state index contributed by atoms with van der Waals surface area (Å²) in [5.74, 6) is 2.47. The average Bonchev–Trinajstić information content (AvgIpc) is 3.33. The minimum Gasteiger partial charge on any atom is -0.490 e. The molecule has 0 heterocycles. The molecule has 0 spiro atoms. The highest BCUT2D eigenvalue weighted by atomic mass is 16.5. The molecule has 0 aliphatic heterocycles. The molecule has 0 saturated heterocycles. The summed E-state index contributed by atoms with van der Waals surface area (Å²) in [5, 5.41) is 6.14. The summed E-state index contributed by atoms with van der Waals surface area (Å²) in [6, 6.07) is 11.1. The van der Waals surface area contributed by atoms with Crippen LogP contribution >= 0.6 is 0 Å². The number of benzene rings is 2. The zero-order valence-electron chi connectivity index (χ0n) is 43.2. The Balaban J connectivity index is 1.85. The predicted molar refractivity (Wildman–Crippen MR) is 279 cm³/mol. The number of nitrogens with one attached hydrogen (secondary N) is 2. The summed E-state index contributed by atoms with van der Waals surface area (Å²) in [4.78, 5) is 26.6. The Bertz CT molecular complexity index is 1340. The fraction of sp³-hybridized carbons (Fsp3) is 0.759. The van der Waals surface area contributed by atoms with Gasteiger partial charge in [-0.2, -0.15) is 0 Å². The molecular weight excluding hydrogens is 821 g/mol. The monoisotopic (exact) mass is 921 g/mol. The molecule has 0 aliphatic carbocycles. The van der Waals surface area contributed by atoms with E-state index < -0.39 is 0 Å². The summed E-state index contributed by atoms with van der Waals surface area (Å²) in [6.45, 7) is 12.6. The second-order valence-electron chi connectivity index (χ2n) is 18.8. The zero-order chi connectivity index (χ0) is 47.4. The maximum absolute atomic E-state index is 13.3. The van der Waals surface area contributed by atoms with E-state index in [4.69, 9.17) is 18.9 Å². The van der Waals surface area contributed by atoms with E-state index in [0.717, 1.165) is 51.4 Å². The number of unbranched alkanes of at least 4 members (excludes halogenated alkanes) is 29. The van der Waals surface area contributed by atoms with Crippen molar-refractivity contribution in [2.75, 3.05) is 39.5 Å². The van der Waals surface area contributed by atoms with Gasteiger partial charge in [-0.25, -0.2) is 0 Å². The second-order valence-corrected chi connectivity index (χ2v) is 18.8. The molecule has 8 heteroatoms. The number of hydrogen-bond donors (Lipinski definition) is 2. The molecule has 66 heavy (non-hydrogen) atoms. The van der Waals surface area contributed by atoms with Crippen molar-refractivity contribution in [1.29, 1.82) is 0 Å². The molecule has 0 atom stereocenters. The minimum absolute atomic E-state index is 0.130. The van der Waals surface area contributed by atoms with Gasteiger partial charge in [0.1, 0.15) is 0 Å². The Kier molecular flexibility index (Phi) is 38.2. The van der Waals surface area contributed by atoms with Crippen molar-refractivity contribution in [1.82, 2.24) is 10.6 Å². The van der Waals surface area contributed by atoms with Crippen LogP contribution in [0.25, 0.3) is 0 Å². The Morgan fingerprint density at radius 2 is 0.561 bits per heavy atom. The molecule has 0 aliphatic rings. The molecule has 8 nitrogen and oxygen atoms in total. The third kappa shape index (κ3) is 30.8. The first-order chi connectivity index (χ1) is 32.5. The molecule has 0 bridgehead atoms. The molecule has 0 aromatic heterocycles. The van der Waals surface area contributed by atoms with E-state index in [9.17, 15) is 9.59 Å². The van der Waals surface area contributed by atoms with Crippen molar-refractivity contribution in [3.63, 3.8) is 0 Å². The third-order valence-electron chi connectivity index (χ3n) is 12.6. The van der Waals surface area contributed by atoms with Crippen molar-refractivity contribution in [3.05, 3.63) is 47.5 Å². The molecule has 378 valence electrons. The van der Waals surface area contributed by atoms with Crippen molar-refractivity contribution in [2.24, 2.45) is 0 Å². The molecule has 0 fully saturated rings. The van der Waals surface area contributed by atoms with Crippen molar-refractivity contribution >= 4 is 11.8 Å². The second kappa shape index (κ2) is 42.9. The number of ether oxygens (including phenoxy) is 4. The Morgan fingerprint density at radius 3 is 0.833 bits per heavy atom. The molecule has 2 rings (SSSR count). The van der Waals surface area contributed by atoms with Gasteiger partial charge in [-0.05, 0) is 74.9 Å². The van der Waals surface area contributed by atoms with E-state index in [1.165, 1.54) is 167 Å². The highest BCUT2D eigenvalue weighted by Gasteiger charge is 2.14. The lowest BCUT2D eigenvalue weighted by molar-refractivity contribution is 0.0939. The molecule has 2 N–H and O–H groups in total. The molecule has 0 unspecified atom stereocenters. The lowest BCUT2D eigenvalue weighted by Gasteiger charge is -2.15. The van der Waals surface area contributed by atoms with Crippen LogP contribution < -0.4 is 29.6 Å². The van der Waals surface area contributed by atoms with Crippen LogP contribution in [0.3, 0.4) is 0 Å². The van der Waals surface area contributed by atoms with Gasteiger partial charge in [0.05, 0.1) is 26.4 Å². The number of amides is 2. The van der Waals surface area contributed by atoms with Crippen LogP contribution in [0.5, 0.6) is 23.0 Å².